The molecule has 0 unspecified atom stereocenters. The molecule has 0 saturated carbocycles. The van der Waals surface area contributed by atoms with Gasteiger partial charge in [0, 0.05) is 5.56 Å². The third-order valence-electron chi connectivity index (χ3n) is 3.01. The number of ether oxygens (including phenoxy) is 2. The van der Waals surface area contributed by atoms with Crippen LogP contribution in [0.5, 0.6) is 11.5 Å². The highest BCUT2D eigenvalue weighted by Crippen LogP contribution is 2.40. The number of aromatic amines is 1. The van der Waals surface area contributed by atoms with E-state index in [0.717, 1.165) is 5.69 Å². The van der Waals surface area contributed by atoms with Crippen LogP contribution in [0.3, 0.4) is 0 Å². The number of aryl methyl sites for hydroxylation is 1. The molecule has 0 saturated heterocycles. The minimum absolute atomic E-state index is 0.177. The van der Waals surface area contributed by atoms with E-state index in [1.807, 2.05) is 29.5 Å². The van der Waals surface area contributed by atoms with E-state index in [9.17, 15) is 4.79 Å². The molecule has 0 amide bonds. The summed E-state index contributed by atoms with van der Waals surface area (Å²) >= 11 is 8.34. The van der Waals surface area contributed by atoms with Gasteiger partial charge in [-0.05, 0) is 41.1 Å². The highest BCUT2D eigenvalue weighted by atomic mass is 127. The standard InChI is InChI=1S/C14H14ClIN2O3/c1-4-8-11(16)14(19)18-13(17-8)7-5-6-9(20-2)12(21-3)10(7)15/h5-6H,4H2,1-3H3,(H,17,18,19). The topological polar surface area (TPSA) is 64.2 Å². The van der Waals surface area contributed by atoms with Gasteiger partial charge in [-0.2, -0.15) is 0 Å². The Balaban J connectivity index is 2.68. The summed E-state index contributed by atoms with van der Waals surface area (Å²) < 4.78 is 11.0. The number of halogens is 2. The molecule has 0 aliphatic rings. The lowest BCUT2D eigenvalue weighted by atomic mass is 10.1. The molecule has 5 nitrogen and oxygen atoms in total. The SMILES string of the molecule is CCc1nc(-c2ccc(OC)c(OC)c2Cl)[nH]c(=O)c1I. The van der Waals surface area contributed by atoms with Crippen molar-refractivity contribution in [1.82, 2.24) is 9.97 Å². The first-order valence-electron chi connectivity index (χ1n) is 6.23. The Morgan fingerprint density at radius 3 is 2.62 bits per heavy atom. The van der Waals surface area contributed by atoms with Crippen LogP contribution in [0, 0.1) is 3.57 Å². The first-order chi connectivity index (χ1) is 10.0. The van der Waals surface area contributed by atoms with Crippen LogP contribution < -0.4 is 15.0 Å². The van der Waals surface area contributed by atoms with E-state index in [2.05, 4.69) is 9.97 Å². The molecule has 0 bridgehead atoms. The maximum absolute atomic E-state index is 12.0. The van der Waals surface area contributed by atoms with Crippen molar-refractivity contribution in [1.29, 1.82) is 0 Å². The Labute approximate surface area is 140 Å². The normalized spacial score (nSPS) is 10.5. The molecule has 1 N–H and O–H groups in total. The van der Waals surface area contributed by atoms with Gasteiger partial charge in [-0.25, -0.2) is 4.98 Å². The average Bonchev–Trinajstić information content (AvgIpc) is 2.49. The minimum Gasteiger partial charge on any atom is -0.493 e. The van der Waals surface area contributed by atoms with Crippen molar-refractivity contribution in [2.45, 2.75) is 13.3 Å². The number of H-pyrrole nitrogens is 1. The summed E-state index contributed by atoms with van der Waals surface area (Å²) in [6, 6.07) is 3.47. The van der Waals surface area contributed by atoms with Gasteiger partial charge in [-0.3, -0.25) is 4.79 Å². The molecule has 0 atom stereocenters. The highest BCUT2D eigenvalue weighted by molar-refractivity contribution is 14.1. The molecule has 0 radical (unpaired) electrons. The molecule has 0 fully saturated rings. The van der Waals surface area contributed by atoms with Gasteiger partial charge in [-0.1, -0.05) is 18.5 Å². The monoisotopic (exact) mass is 420 g/mol. The van der Waals surface area contributed by atoms with E-state index in [4.69, 9.17) is 21.1 Å². The Kier molecular flexibility index (Phi) is 5.10. The largest absolute Gasteiger partial charge is 0.493 e. The van der Waals surface area contributed by atoms with Crippen molar-refractivity contribution >= 4 is 34.2 Å². The fourth-order valence-corrected chi connectivity index (χ4v) is 2.90. The quantitative estimate of drug-likeness (QED) is 0.771. The third-order valence-corrected chi connectivity index (χ3v) is 4.49. The molecule has 21 heavy (non-hydrogen) atoms. The number of methoxy groups -OCH3 is 2. The fraction of sp³-hybridized carbons (Fsp3) is 0.286. The molecule has 0 aliphatic heterocycles. The summed E-state index contributed by atoms with van der Waals surface area (Å²) in [6.45, 7) is 1.95. The van der Waals surface area contributed by atoms with Crippen molar-refractivity contribution in [3.63, 3.8) is 0 Å². The van der Waals surface area contributed by atoms with Crippen LogP contribution in [0.2, 0.25) is 5.02 Å². The molecule has 0 spiro atoms. The maximum Gasteiger partial charge on any atom is 0.264 e. The molecular formula is C14H14ClIN2O3. The van der Waals surface area contributed by atoms with Gasteiger partial charge in [0.25, 0.3) is 5.56 Å². The number of nitrogens with zero attached hydrogens (tertiary/aromatic N) is 1. The van der Waals surface area contributed by atoms with E-state index >= 15 is 0 Å². The van der Waals surface area contributed by atoms with Crippen molar-refractivity contribution in [2.24, 2.45) is 0 Å². The van der Waals surface area contributed by atoms with Crippen LogP contribution in [-0.2, 0) is 6.42 Å². The molecule has 2 aromatic rings. The Bertz CT molecular complexity index is 731. The minimum atomic E-state index is -0.177. The van der Waals surface area contributed by atoms with Crippen LogP contribution >= 0.6 is 34.2 Å². The first-order valence-corrected chi connectivity index (χ1v) is 7.68. The maximum atomic E-state index is 12.0. The van der Waals surface area contributed by atoms with Gasteiger partial charge in [0.2, 0.25) is 0 Å². The van der Waals surface area contributed by atoms with Crippen LogP contribution in [0.4, 0.5) is 0 Å². The van der Waals surface area contributed by atoms with E-state index in [1.54, 1.807) is 12.1 Å². The van der Waals surface area contributed by atoms with Gasteiger partial charge in [0.15, 0.2) is 11.5 Å². The predicted molar refractivity (Wildman–Crippen MR) is 90.5 cm³/mol. The predicted octanol–water partition coefficient (Wildman–Crippen LogP) is 3.27. The van der Waals surface area contributed by atoms with Crippen molar-refractivity contribution in [3.05, 3.63) is 36.8 Å². The summed E-state index contributed by atoms with van der Waals surface area (Å²) in [5, 5.41) is 0.350. The summed E-state index contributed by atoms with van der Waals surface area (Å²) in [4.78, 5) is 19.2. The lowest BCUT2D eigenvalue weighted by molar-refractivity contribution is 0.355. The second-order valence-electron chi connectivity index (χ2n) is 4.19. The van der Waals surface area contributed by atoms with Gasteiger partial charge in [0.05, 0.1) is 28.5 Å². The zero-order valence-corrected chi connectivity index (χ0v) is 14.7. The first kappa shape index (κ1) is 16.1. The van der Waals surface area contributed by atoms with Gasteiger partial charge >= 0.3 is 0 Å². The number of nitrogens with one attached hydrogen (secondary N) is 1. The Hall–Kier alpha value is -1.28. The summed E-state index contributed by atoms with van der Waals surface area (Å²) in [6.07, 6.45) is 0.667. The van der Waals surface area contributed by atoms with Gasteiger partial charge in [-0.15, -0.1) is 0 Å². The van der Waals surface area contributed by atoms with Crippen molar-refractivity contribution in [3.8, 4) is 22.9 Å². The molecule has 7 heteroatoms. The molecule has 1 heterocycles. The van der Waals surface area contributed by atoms with Gasteiger partial charge in [0.1, 0.15) is 5.82 Å². The van der Waals surface area contributed by atoms with Crippen molar-refractivity contribution < 1.29 is 9.47 Å². The number of rotatable bonds is 4. The zero-order chi connectivity index (χ0) is 15.6. The van der Waals surface area contributed by atoms with Crippen LogP contribution in [0.15, 0.2) is 16.9 Å². The Morgan fingerprint density at radius 1 is 1.33 bits per heavy atom. The molecular weight excluding hydrogens is 407 g/mol. The summed E-state index contributed by atoms with van der Waals surface area (Å²) in [5.41, 5.74) is 1.15. The second kappa shape index (κ2) is 6.65. The van der Waals surface area contributed by atoms with E-state index in [1.165, 1.54) is 14.2 Å². The molecule has 0 aliphatic carbocycles. The Morgan fingerprint density at radius 2 is 2.05 bits per heavy atom. The average molecular weight is 421 g/mol. The zero-order valence-electron chi connectivity index (χ0n) is 11.8. The van der Waals surface area contributed by atoms with Crippen molar-refractivity contribution in [2.75, 3.05) is 14.2 Å². The molecule has 2 rings (SSSR count). The number of aromatic nitrogens is 2. The van der Waals surface area contributed by atoms with E-state index in [-0.39, 0.29) is 5.56 Å². The lowest BCUT2D eigenvalue weighted by Crippen LogP contribution is -2.16. The summed E-state index contributed by atoms with van der Waals surface area (Å²) in [5.74, 6) is 1.36. The third kappa shape index (κ3) is 3.01. The van der Waals surface area contributed by atoms with E-state index < -0.39 is 0 Å². The number of benzene rings is 1. The van der Waals surface area contributed by atoms with Crippen LogP contribution in [0.25, 0.3) is 11.4 Å². The molecule has 112 valence electrons. The summed E-state index contributed by atoms with van der Waals surface area (Å²) in [7, 11) is 3.04. The number of hydrogen-bond donors (Lipinski definition) is 1. The fourth-order valence-electron chi connectivity index (χ4n) is 1.94. The highest BCUT2D eigenvalue weighted by Gasteiger charge is 2.17. The van der Waals surface area contributed by atoms with Gasteiger partial charge < -0.3 is 14.5 Å². The van der Waals surface area contributed by atoms with Crippen LogP contribution in [0.1, 0.15) is 12.6 Å². The smallest absolute Gasteiger partial charge is 0.264 e. The second-order valence-corrected chi connectivity index (χ2v) is 5.65. The molecule has 1 aromatic heterocycles. The molecule has 1 aromatic carbocycles. The van der Waals surface area contributed by atoms with E-state index in [0.29, 0.717) is 37.9 Å². The van der Waals surface area contributed by atoms with Crippen LogP contribution in [-0.4, -0.2) is 24.2 Å². The number of hydrogen-bond acceptors (Lipinski definition) is 4. The lowest BCUT2D eigenvalue weighted by Gasteiger charge is -2.13.